The van der Waals surface area contributed by atoms with Crippen LogP contribution in [0, 0.1) is 0 Å². The molecule has 0 radical (unpaired) electrons. The highest BCUT2D eigenvalue weighted by molar-refractivity contribution is 6.07. The minimum absolute atomic E-state index is 0.141. The smallest absolute Gasteiger partial charge is 0.325 e. The van der Waals surface area contributed by atoms with Gasteiger partial charge in [0.2, 0.25) is 0 Å². The van der Waals surface area contributed by atoms with Crippen LogP contribution < -0.4 is 10.6 Å². The third kappa shape index (κ3) is 2.49. The van der Waals surface area contributed by atoms with Crippen LogP contribution in [0.25, 0.3) is 0 Å². The molecule has 18 heavy (non-hydrogen) atoms. The maximum Gasteiger partial charge on any atom is 0.325 e. The van der Waals surface area contributed by atoms with Crippen molar-refractivity contribution in [2.75, 3.05) is 19.6 Å². The molecular weight excluding hydrogens is 234 g/mol. The fourth-order valence-corrected chi connectivity index (χ4v) is 2.46. The van der Waals surface area contributed by atoms with Crippen LogP contribution in [0.4, 0.5) is 4.79 Å². The molecule has 2 heterocycles. The summed E-state index contributed by atoms with van der Waals surface area (Å²) in [5.74, 6) is -0.141. The second-order valence-corrected chi connectivity index (χ2v) is 5.78. The van der Waals surface area contributed by atoms with Gasteiger partial charge < -0.3 is 15.7 Å². The van der Waals surface area contributed by atoms with Gasteiger partial charge in [-0.3, -0.25) is 9.69 Å². The Hall–Kier alpha value is -1.14. The van der Waals surface area contributed by atoms with Crippen molar-refractivity contribution in [2.45, 2.75) is 44.2 Å². The highest BCUT2D eigenvalue weighted by atomic mass is 16.3. The minimum atomic E-state index is -0.871. The van der Waals surface area contributed by atoms with E-state index in [-0.39, 0.29) is 18.5 Å². The Kier molecular flexibility index (Phi) is 3.33. The van der Waals surface area contributed by atoms with E-state index in [1.807, 2.05) is 0 Å². The van der Waals surface area contributed by atoms with Crippen molar-refractivity contribution in [3.05, 3.63) is 0 Å². The van der Waals surface area contributed by atoms with Crippen LogP contribution >= 0.6 is 0 Å². The molecule has 2 fully saturated rings. The summed E-state index contributed by atoms with van der Waals surface area (Å²) < 4.78 is 0. The van der Waals surface area contributed by atoms with E-state index < -0.39 is 11.1 Å². The fourth-order valence-electron chi connectivity index (χ4n) is 2.46. The molecule has 3 amide bonds. The average molecular weight is 255 g/mol. The molecule has 0 atom stereocenters. The number of urea groups is 1. The van der Waals surface area contributed by atoms with Crippen molar-refractivity contribution in [3.63, 3.8) is 0 Å². The normalized spacial score (nSPS) is 23.6. The van der Waals surface area contributed by atoms with Crippen LogP contribution in [-0.4, -0.2) is 52.7 Å². The predicted molar refractivity (Wildman–Crippen MR) is 66.0 cm³/mol. The van der Waals surface area contributed by atoms with Crippen LogP contribution in [0.1, 0.15) is 33.1 Å². The van der Waals surface area contributed by atoms with Gasteiger partial charge in [0, 0.05) is 6.54 Å². The van der Waals surface area contributed by atoms with Crippen molar-refractivity contribution in [1.82, 2.24) is 15.5 Å². The van der Waals surface area contributed by atoms with E-state index in [0.717, 1.165) is 13.1 Å². The molecule has 0 aromatic rings. The number of carbonyl (C=O) groups is 2. The number of carbonyl (C=O) groups excluding carboxylic acids is 2. The lowest BCUT2D eigenvalue weighted by atomic mass is 9.88. The number of aliphatic hydroxyl groups is 1. The molecule has 0 aliphatic carbocycles. The monoisotopic (exact) mass is 255 g/mol. The van der Waals surface area contributed by atoms with Crippen LogP contribution in [0.3, 0.4) is 0 Å². The first-order valence-corrected chi connectivity index (χ1v) is 6.41. The maximum atomic E-state index is 12.3. The number of hydrogen-bond donors (Lipinski definition) is 3. The Morgan fingerprint density at radius 2 is 1.94 bits per heavy atom. The minimum Gasteiger partial charge on any atom is -0.390 e. The van der Waals surface area contributed by atoms with Crippen LogP contribution in [0.15, 0.2) is 0 Å². The second kappa shape index (κ2) is 4.51. The molecule has 0 aromatic heterocycles. The van der Waals surface area contributed by atoms with Gasteiger partial charge in [0.1, 0.15) is 5.54 Å². The third-order valence-electron chi connectivity index (χ3n) is 3.65. The first-order valence-electron chi connectivity index (χ1n) is 6.41. The lowest BCUT2D eigenvalue weighted by Gasteiger charge is -2.31. The van der Waals surface area contributed by atoms with E-state index >= 15 is 0 Å². The first-order chi connectivity index (χ1) is 8.34. The van der Waals surface area contributed by atoms with Crippen LogP contribution in [-0.2, 0) is 4.79 Å². The molecule has 2 rings (SSSR count). The summed E-state index contributed by atoms with van der Waals surface area (Å²) in [7, 11) is 0. The largest absolute Gasteiger partial charge is 0.390 e. The average Bonchev–Trinajstić information content (AvgIpc) is 2.49. The van der Waals surface area contributed by atoms with E-state index in [1.54, 1.807) is 13.8 Å². The van der Waals surface area contributed by atoms with E-state index in [1.165, 1.54) is 4.90 Å². The van der Waals surface area contributed by atoms with Crippen molar-refractivity contribution in [3.8, 4) is 0 Å². The molecule has 0 unspecified atom stereocenters. The van der Waals surface area contributed by atoms with Gasteiger partial charge in [0.25, 0.3) is 5.91 Å². The zero-order chi connectivity index (χ0) is 13.4. The summed E-state index contributed by atoms with van der Waals surface area (Å²) in [4.78, 5) is 25.4. The molecule has 1 spiro atoms. The molecule has 3 N–H and O–H groups in total. The lowest BCUT2D eigenvalue weighted by Crippen LogP contribution is -2.54. The van der Waals surface area contributed by atoms with Crippen LogP contribution in [0.2, 0.25) is 0 Å². The summed E-state index contributed by atoms with van der Waals surface area (Å²) in [5, 5.41) is 15.7. The van der Waals surface area contributed by atoms with Crippen molar-refractivity contribution >= 4 is 11.9 Å². The van der Waals surface area contributed by atoms with Gasteiger partial charge in [-0.2, -0.15) is 0 Å². The second-order valence-electron chi connectivity index (χ2n) is 5.78. The highest BCUT2D eigenvalue weighted by Crippen LogP contribution is 2.27. The van der Waals surface area contributed by atoms with E-state index in [0.29, 0.717) is 19.3 Å². The molecule has 102 valence electrons. The van der Waals surface area contributed by atoms with Gasteiger partial charge in [-0.05, 0) is 46.2 Å². The molecule has 2 aliphatic heterocycles. The molecule has 6 nitrogen and oxygen atoms in total. The molecule has 0 bridgehead atoms. The summed E-state index contributed by atoms with van der Waals surface area (Å²) in [6.45, 7) is 5.09. The summed E-state index contributed by atoms with van der Waals surface area (Å²) in [5.41, 5.74) is -1.58. The Morgan fingerprint density at radius 3 is 2.50 bits per heavy atom. The zero-order valence-corrected chi connectivity index (χ0v) is 11.0. The van der Waals surface area contributed by atoms with Gasteiger partial charge >= 0.3 is 6.03 Å². The first kappa shape index (κ1) is 13.3. The number of amides is 3. The Bertz CT molecular complexity index is 356. The number of hydrogen-bond acceptors (Lipinski definition) is 4. The van der Waals surface area contributed by atoms with Gasteiger partial charge in [0.05, 0.1) is 5.60 Å². The summed E-state index contributed by atoms with van der Waals surface area (Å²) in [6.07, 6.45) is 1.66. The highest BCUT2D eigenvalue weighted by Gasteiger charge is 2.51. The number of piperidine rings is 1. The molecule has 0 aromatic carbocycles. The van der Waals surface area contributed by atoms with E-state index in [2.05, 4.69) is 10.6 Å². The van der Waals surface area contributed by atoms with E-state index in [9.17, 15) is 14.7 Å². The number of nitrogens with zero attached hydrogens (tertiary/aromatic N) is 1. The zero-order valence-electron chi connectivity index (χ0n) is 11.0. The van der Waals surface area contributed by atoms with Gasteiger partial charge in [-0.15, -0.1) is 0 Å². The Balaban J connectivity index is 2.05. The maximum absolute atomic E-state index is 12.3. The summed E-state index contributed by atoms with van der Waals surface area (Å²) in [6, 6.07) is -0.328. The molecule has 6 heteroatoms. The predicted octanol–water partition coefficient (Wildman–Crippen LogP) is -0.179. The Morgan fingerprint density at radius 1 is 1.33 bits per heavy atom. The van der Waals surface area contributed by atoms with Gasteiger partial charge in [-0.1, -0.05) is 0 Å². The quantitative estimate of drug-likeness (QED) is 0.611. The number of rotatable bonds is 3. The molecule has 2 saturated heterocycles. The van der Waals surface area contributed by atoms with Crippen molar-refractivity contribution in [2.24, 2.45) is 0 Å². The molecular formula is C12H21N3O3. The number of imide groups is 1. The third-order valence-corrected chi connectivity index (χ3v) is 3.65. The van der Waals surface area contributed by atoms with Crippen molar-refractivity contribution < 1.29 is 14.7 Å². The SMILES string of the molecule is CC(C)(O)CCN1C(=O)NC2(CCNCC2)C1=O. The fraction of sp³-hybridized carbons (Fsp3) is 0.833. The molecule has 2 aliphatic rings. The molecule has 0 saturated carbocycles. The standard InChI is InChI=1S/C12H21N3O3/c1-11(2,18)5-8-15-9(16)12(14-10(15)17)3-6-13-7-4-12/h13,18H,3-8H2,1-2H3,(H,14,17). The number of nitrogens with one attached hydrogen (secondary N) is 2. The van der Waals surface area contributed by atoms with Gasteiger partial charge in [0.15, 0.2) is 0 Å². The Labute approximate surface area is 107 Å². The summed E-state index contributed by atoms with van der Waals surface area (Å²) >= 11 is 0. The van der Waals surface area contributed by atoms with Crippen molar-refractivity contribution in [1.29, 1.82) is 0 Å². The lowest BCUT2D eigenvalue weighted by molar-refractivity contribution is -0.132. The topological polar surface area (TPSA) is 81.7 Å². The van der Waals surface area contributed by atoms with Crippen LogP contribution in [0.5, 0.6) is 0 Å². The van der Waals surface area contributed by atoms with Gasteiger partial charge in [-0.25, -0.2) is 4.79 Å². The van der Waals surface area contributed by atoms with E-state index in [4.69, 9.17) is 0 Å².